The molecule has 3 N–H and O–H groups in total. The Morgan fingerprint density at radius 3 is 2.46 bits per heavy atom. The summed E-state index contributed by atoms with van der Waals surface area (Å²) in [6.45, 7) is 5.10. The number of amides is 1. The van der Waals surface area contributed by atoms with Gasteiger partial charge in [0.05, 0.1) is 29.1 Å². The van der Waals surface area contributed by atoms with Gasteiger partial charge in [-0.25, -0.2) is 17.5 Å². The standard InChI is InChI=1S/C29H31F4N3O4S/c1-18(2)34-17-19-6-11-24-25(12-13-40-27(24)14-19)35-28(37)16-26(20-7-9-22(30)10-8-20)36-41(38,39)23-5-3-4-21(15-23)29(31,32)33/h3-11,14-15,18,25-26,34,36H,12-13,16-17H2,1-2H3,(H,35,37)/t25-,26-/m1/s1. The molecule has 3 aromatic rings. The summed E-state index contributed by atoms with van der Waals surface area (Å²) in [7, 11) is -4.49. The van der Waals surface area contributed by atoms with Crippen molar-refractivity contribution in [2.75, 3.05) is 6.61 Å². The molecule has 41 heavy (non-hydrogen) atoms. The maximum atomic E-state index is 13.6. The molecule has 1 aliphatic heterocycles. The van der Waals surface area contributed by atoms with Crippen molar-refractivity contribution < 1.29 is 35.5 Å². The first kappa shape index (κ1) is 30.5. The average molecular weight is 594 g/mol. The lowest BCUT2D eigenvalue weighted by atomic mass is 9.97. The van der Waals surface area contributed by atoms with Gasteiger partial charge in [0.15, 0.2) is 0 Å². The largest absolute Gasteiger partial charge is 0.493 e. The third-order valence-electron chi connectivity index (χ3n) is 6.60. The van der Waals surface area contributed by atoms with Gasteiger partial charge in [-0.05, 0) is 47.5 Å². The molecule has 0 saturated carbocycles. The van der Waals surface area contributed by atoms with Crippen molar-refractivity contribution in [3.63, 3.8) is 0 Å². The average Bonchev–Trinajstić information content (AvgIpc) is 2.91. The van der Waals surface area contributed by atoms with Gasteiger partial charge < -0.3 is 15.4 Å². The molecular weight excluding hydrogens is 562 g/mol. The Morgan fingerprint density at radius 2 is 1.78 bits per heavy atom. The molecule has 3 aromatic carbocycles. The Bertz CT molecular complexity index is 1480. The highest BCUT2D eigenvalue weighted by Gasteiger charge is 2.33. The molecule has 0 unspecified atom stereocenters. The summed E-state index contributed by atoms with van der Waals surface area (Å²) in [5.41, 5.74) is 0.940. The van der Waals surface area contributed by atoms with Gasteiger partial charge in [0, 0.05) is 31.0 Å². The third-order valence-corrected chi connectivity index (χ3v) is 8.07. The fourth-order valence-electron chi connectivity index (χ4n) is 4.47. The smallest absolute Gasteiger partial charge is 0.416 e. The molecule has 0 fully saturated rings. The van der Waals surface area contributed by atoms with Crippen LogP contribution in [0.1, 0.15) is 61.0 Å². The van der Waals surface area contributed by atoms with Crippen LogP contribution in [0, 0.1) is 5.82 Å². The molecular formula is C29H31F4N3O4S. The summed E-state index contributed by atoms with van der Waals surface area (Å²) in [6, 6.07) is 12.6. The molecule has 0 radical (unpaired) electrons. The van der Waals surface area contributed by atoms with Gasteiger partial charge in [0.2, 0.25) is 15.9 Å². The molecule has 2 atom stereocenters. The number of hydrogen-bond acceptors (Lipinski definition) is 5. The molecule has 7 nitrogen and oxygen atoms in total. The van der Waals surface area contributed by atoms with Crippen molar-refractivity contribution in [3.05, 3.63) is 94.8 Å². The lowest BCUT2D eigenvalue weighted by Gasteiger charge is -2.28. The molecule has 12 heteroatoms. The zero-order valence-corrected chi connectivity index (χ0v) is 23.3. The highest BCUT2D eigenvalue weighted by molar-refractivity contribution is 7.89. The van der Waals surface area contributed by atoms with E-state index in [-0.39, 0.29) is 12.0 Å². The fraction of sp³-hybridized carbons (Fsp3) is 0.345. The molecule has 1 heterocycles. The monoisotopic (exact) mass is 593 g/mol. The number of rotatable bonds is 10. The van der Waals surface area contributed by atoms with E-state index in [4.69, 9.17) is 4.74 Å². The number of nitrogens with one attached hydrogen (secondary N) is 3. The van der Waals surface area contributed by atoms with Gasteiger partial charge in [0.1, 0.15) is 11.6 Å². The summed E-state index contributed by atoms with van der Waals surface area (Å²) in [5.74, 6) is -0.432. The minimum Gasteiger partial charge on any atom is -0.493 e. The second kappa shape index (κ2) is 12.6. The van der Waals surface area contributed by atoms with Crippen molar-refractivity contribution in [2.45, 2.75) is 62.4 Å². The summed E-state index contributed by atoms with van der Waals surface area (Å²) in [6.07, 6.45) is -4.64. The zero-order chi connectivity index (χ0) is 29.8. The lowest BCUT2D eigenvalue weighted by Crippen LogP contribution is -2.36. The van der Waals surface area contributed by atoms with Crippen LogP contribution in [0.3, 0.4) is 0 Å². The van der Waals surface area contributed by atoms with Crippen LogP contribution in [-0.4, -0.2) is 27.0 Å². The van der Waals surface area contributed by atoms with Crippen LogP contribution >= 0.6 is 0 Å². The lowest BCUT2D eigenvalue weighted by molar-refractivity contribution is -0.137. The van der Waals surface area contributed by atoms with E-state index in [0.717, 1.165) is 41.5 Å². The van der Waals surface area contributed by atoms with E-state index in [0.29, 0.717) is 37.4 Å². The normalized spacial score (nSPS) is 16.1. The molecule has 0 saturated heterocycles. The Labute approximate surface area is 236 Å². The molecule has 0 spiro atoms. The third kappa shape index (κ3) is 8.05. The Hall–Kier alpha value is -3.48. The van der Waals surface area contributed by atoms with Gasteiger partial charge in [-0.3, -0.25) is 4.79 Å². The summed E-state index contributed by atoms with van der Waals surface area (Å²) in [5, 5.41) is 6.25. The number of carbonyl (C=O) groups excluding carboxylic acids is 1. The highest BCUT2D eigenvalue weighted by Crippen LogP contribution is 2.34. The van der Waals surface area contributed by atoms with E-state index in [9.17, 15) is 30.8 Å². The molecule has 0 bridgehead atoms. The molecule has 1 amide bonds. The maximum absolute atomic E-state index is 13.6. The SMILES string of the molecule is CC(C)NCc1ccc2c(c1)OCC[C@H]2NC(=O)C[C@@H](NS(=O)(=O)c1cccc(C(F)(F)F)c1)c1ccc(F)cc1. The van der Waals surface area contributed by atoms with E-state index >= 15 is 0 Å². The number of hydrogen-bond donors (Lipinski definition) is 3. The van der Waals surface area contributed by atoms with Crippen molar-refractivity contribution in [1.29, 1.82) is 0 Å². The number of benzene rings is 3. The number of halogens is 4. The maximum Gasteiger partial charge on any atom is 0.416 e. The topological polar surface area (TPSA) is 96.5 Å². The van der Waals surface area contributed by atoms with Gasteiger partial charge in [-0.15, -0.1) is 0 Å². The van der Waals surface area contributed by atoms with Crippen LogP contribution in [-0.2, 0) is 27.5 Å². The summed E-state index contributed by atoms with van der Waals surface area (Å²) >= 11 is 0. The minimum absolute atomic E-state index is 0.270. The zero-order valence-electron chi connectivity index (χ0n) is 22.5. The van der Waals surface area contributed by atoms with Crippen LogP contribution in [0.2, 0.25) is 0 Å². The minimum atomic E-state index is -4.74. The van der Waals surface area contributed by atoms with Crippen LogP contribution in [0.4, 0.5) is 17.6 Å². The van der Waals surface area contributed by atoms with E-state index in [1.54, 1.807) is 0 Å². The van der Waals surface area contributed by atoms with Crippen molar-refractivity contribution in [3.8, 4) is 5.75 Å². The number of fused-ring (bicyclic) bond motifs is 1. The van der Waals surface area contributed by atoms with Gasteiger partial charge in [-0.1, -0.05) is 44.2 Å². The predicted molar refractivity (Wildman–Crippen MR) is 145 cm³/mol. The Morgan fingerprint density at radius 1 is 1.05 bits per heavy atom. The second-order valence-corrected chi connectivity index (χ2v) is 11.8. The van der Waals surface area contributed by atoms with Crippen LogP contribution in [0.25, 0.3) is 0 Å². The van der Waals surface area contributed by atoms with Crippen molar-refractivity contribution >= 4 is 15.9 Å². The molecule has 0 aromatic heterocycles. The van der Waals surface area contributed by atoms with Crippen molar-refractivity contribution in [1.82, 2.24) is 15.4 Å². The number of ether oxygens (including phenoxy) is 1. The molecule has 0 aliphatic carbocycles. The van der Waals surface area contributed by atoms with E-state index < -0.39 is 50.5 Å². The number of carbonyl (C=O) groups is 1. The van der Waals surface area contributed by atoms with Crippen LogP contribution in [0.15, 0.2) is 71.6 Å². The first-order chi connectivity index (χ1) is 19.3. The van der Waals surface area contributed by atoms with Gasteiger partial charge in [0.25, 0.3) is 0 Å². The quantitative estimate of drug-likeness (QED) is 0.274. The predicted octanol–water partition coefficient (Wildman–Crippen LogP) is 5.39. The van der Waals surface area contributed by atoms with Crippen molar-refractivity contribution in [2.24, 2.45) is 0 Å². The fourth-order valence-corrected chi connectivity index (χ4v) is 5.74. The Kier molecular flexibility index (Phi) is 9.35. The first-order valence-electron chi connectivity index (χ1n) is 13.1. The van der Waals surface area contributed by atoms with E-state index in [1.165, 1.54) is 12.1 Å². The Balaban J connectivity index is 1.53. The van der Waals surface area contributed by atoms with E-state index in [2.05, 4.69) is 15.4 Å². The van der Waals surface area contributed by atoms with Crippen LogP contribution in [0.5, 0.6) is 5.75 Å². The highest BCUT2D eigenvalue weighted by atomic mass is 32.2. The van der Waals surface area contributed by atoms with Gasteiger partial charge >= 0.3 is 6.18 Å². The first-order valence-corrected chi connectivity index (χ1v) is 14.5. The number of alkyl halides is 3. The molecule has 1 aliphatic rings. The van der Waals surface area contributed by atoms with Crippen LogP contribution < -0.4 is 20.1 Å². The van der Waals surface area contributed by atoms with E-state index in [1.807, 2.05) is 32.0 Å². The molecule has 4 rings (SSSR count). The summed E-state index contributed by atoms with van der Waals surface area (Å²) in [4.78, 5) is 12.6. The number of sulfonamides is 1. The van der Waals surface area contributed by atoms with Gasteiger partial charge in [-0.2, -0.15) is 13.2 Å². The summed E-state index contributed by atoms with van der Waals surface area (Å²) < 4.78 is 87.6. The molecule has 220 valence electrons. The second-order valence-electron chi connectivity index (χ2n) is 10.1.